The molecule has 0 aliphatic carbocycles. The number of halogens is 3. The molecule has 0 atom stereocenters. The first-order valence-corrected chi connectivity index (χ1v) is 14.3. The highest BCUT2D eigenvalue weighted by molar-refractivity contribution is 7.64. The summed E-state index contributed by atoms with van der Waals surface area (Å²) in [5, 5.41) is 0. The monoisotopic (exact) mass is 448 g/mol. The highest BCUT2D eigenvalue weighted by Crippen LogP contribution is 2.42. The molecule has 3 aromatic rings. The second kappa shape index (κ2) is 8.09. The van der Waals surface area contributed by atoms with Crippen LogP contribution in [0.4, 0.5) is 0 Å². The molecule has 2 nitrogen and oxygen atoms in total. The third-order valence-electron chi connectivity index (χ3n) is 4.81. The molecule has 1 aliphatic rings. The van der Waals surface area contributed by atoms with Crippen LogP contribution >= 0.6 is 33.2 Å². The summed E-state index contributed by atoms with van der Waals surface area (Å²) >= 11 is 18.1. The van der Waals surface area contributed by atoms with Crippen LogP contribution in [0.2, 0.25) is 6.04 Å². The molecule has 1 heterocycles. The summed E-state index contributed by atoms with van der Waals surface area (Å²) in [6, 6.07) is 24.1. The maximum atomic E-state index is 6.50. The van der Waals surface area contributed by atoms with Crippen molar-refractivity contribution in [2.45, 2.75) is 24.9 Å². The van der Waals surface area contributed by atoms with Crippen LogP contribution in [-0.2, 0) is 23.6 Å². The van der Waals surface area contributed by atoms with Crippen molar-refractivity contribution >= 4 is 39.2 Å². The summed E-state index contributed by atoms with van der Waals surface area (Å²) in [4.78, 5) is 0. The first kappa shape index (κ1) is 19.8. The Morgan fingerprint density at radius 1 is 0.821 bits per heavy atom. The van der Waals surface area contributed by atoms with Crippen LogP contribution in [0.25, 0.3) is 0 Å². The Bertz CT molecular complexity index is 904. The summed E-state index contributed by atoms with van der Waals surface area (Å²) in [6.07, 6.45) is 0.735. The van der Waals surface area contributed by atoms with Gasteiger partial charge < -0.3 is 9.47 Å². The van der Waals surface area contributed by atoms with Gasteiger partial charge in [0.25, 0.3) is 5.79 Å². The molecule has 0 fully saturated rings. The summed E-state index contributed by atoms with van der Waals surface area (Å²) in [5.74, 6) is -0.157. The minimum atomic E-state index is -2.63. The fraction of sp³-hybridized carbons (Fsp3) is 0.182. The molecular weight excluding hydrogens is 431 g/mol. The number of fused-ring (bicyclic) bond motifs is 1. The number of benzene rings is 3. The van der Waals surface area contributed by atoms with E-state index in [-0.39, 0.29) is 0 Å². The first-order chi connectivity index (χ1) is 13.5. The van der Waals surface area contributed by atoms with Gasteiger partial charge in [0, 0.05) is 16.7 Å². The van der Waals surface area contributed by atoms with Gasteiger partial charge in [0.05, 0.1) is 6.61 Å². The van der Waals surface area contributed by atoms with E-state index < -0.39 is 11.8 Å². The predicted molar refractivity (Wildman–Crippen MR) is 117 cm³/mol. The molecule has 0 radical (unpaired) electrons. The maximum Gasteiger partial charge on any atom is 0.341 e. The lowest BCUT2D eigenvalue weighted by molar-refractivity contribution is -0.184. The molecule has 0 amide bonds. The molecule has 6 heteroatoms. The summed E-state index contributed by atoms with van der Waals surface area (Å²) in [7, 11) is 0. The fourth-order valence-electron chi connectivity index (χ4n) is 3.42. The van der Waals surface area contributed by atoms with Gasteiger partial charge in [-0.1, -0.05) is 66.7 Å². The minimum absolute atomic E-state index is 0.443. The van der Waals surface area contributed by atoms with Gasteiger partial charge in [0.1, 0.15) is 5.75 Å². The fourth-order valence-corrected chi connectivity index (χ4v) is 4.84. The summed E-state index contributed by atoms with van der Waals surface area (Å²) < 4.78 is 12.9. The second-order valence-electron chi connectivity index (χ2n) is 6.80. The molecule has 144 valence electrons. The predicted octanol–water partition coefficient (Wildman–Crippen LogP) is 6.69. The first-order valence-electron chi connectivity index (χ1n) is 9.09. The smallest absolute Gasteiger partial charge is 0.341 e. The van der Waals surface area contributed by atoms with Crippen molar-refractivity contribution < 1.29 is 9.47 Å². The maximum absolute atomic E-state index is 6.50. The lowest BCUT2D eigenvalue weighted by Crippen LogP contribution is -2.40. The molecule has 1 aliphatic heterocycles. The third-order valence-corrected chi connectivity index (χ3v) is 7.33. The van der Waals surface area contributed by atoms with Crippen LogP contribution in [0.3, 0.4) is 0 Å². The van der Waals surface area contributed by atoms with Crippen molar-refractivity contribution in [1.29, 1.82) is 0 Å². The Morgan fingerprint density at radius 2 is 1.43 bits per heavy atom. The van der Waals surface area contributed by atoms with Crippen LogP contribution in [0.15, 0.2) is 78.9 Å². The number of rotatable bonds is 5. The molecule has 0 bridgehead atoms. The average molecular weight is 450 g/mol. The van der Waals surface area contributed by atoms with Gasteiger partial charge in [0.15, 0.2) is 0 Å². The van der Waals surface area contributed by atoms with E-state index in [9.17, 15) is 0 Å². The largest absolute Gasteiger partial charge is 0.453 e. The molecule has 0 unspecified atom stereocenters. The van der Waals surface area contributed by atoms with E-state index in [1.165, 1.54) is 0 Å². The molecule has 3 aromatic carbocycles. The van der Waals surface area contributed by atoms with E-state index in [0.29, 0.717) is 12.7 Å². The average Bonchev–Trinajstić information content (AvgIpc) is 2.72. The van der Waals surface area contributed by atoms with Gasteiger partial charge in [-0.05, 0) is 30.2 Å². The minimum Gasteiger partial charge on any atom is -0.453 e. The zero-order valence-corrected chi connectivity index (χ0v) is 18.3. The van der Waals surface area contributed by atoms with Crippen molar-refractivity contribution in [3.05, 3.63) is 101 Å². The van der Waals surface area contributed by atoms with E-state index >= 15 is 0 Å². The molecule has 28 heavy (non-hydrogen) atoms. The standard InChI is InChI=1S/C22H19Cl3O2Si/c23-28(24,25)14-13-17-11-12-21-18(15-17)16-26-22(27-21,19-7-3-1-4-8-19)20-9-5-2-6-10-20/h1-12,15H,13-14,16H2. The normalized spacial score (nSPS) is 15.5. The van der Waals surface area contributed by atoms with Crippen molar-refractivity contribution in [3.63, 3.8) is 0 Å². The molecule has 0 N–H and O–H groups in total. The topological polar surface area (TPSA) is 18.5 Å². The van der Waals surface area contributed by atoms with E-state index in [2.05, 4.69) is 6.07 Å². The van der Waals surface area contributed by atoms with E-state index in [1.807, 2.05) is 72.8 Å². The van der Waals surface area contributed by atoms with Gasteiger partial charge in [-0.25, -0.2) is 0 Å². The van der Waals surface area contributed by atoms with Gasteiger partial charge >= 0.3 is 6.00 Å². The quantitative estimate of drug-likeness (QED) is 0.319. The zero-order valence-electron chi connectivity index (χ0n) is 15.1. The lowest BCUT2D eigenvalue weighted by Gasteiger charge is -2.39. The Labute approximate surface area is 180 Å². The molecular formula is C22H19Cl3O2Si. The van der Waals surface area contributed by atoms with E-state index in [1.54, 1.807) is 0 Å². The van der Waals surface area contributed by atoms with Gasteiger partial charge in [-0.2, -0.15) is 0 Å². The Morgan fingerprint density at radius 3 is 2.00 bits per heavy atom. The lowest BCUT2D eigenvalue weighted by atomic mass is 9.95. The zero-order chi connectivity index (χ0) is 19.6. The van der Waals surface area contributed by atoms with Crippen LogP contribution < -0.4 is 4.74 Å². The van der Waals surface area contributed by atoms with E-state index in [0.717, 1.165) is 34.4 Å². The highest BCUT2D eigenvalue weighted by Gasteiger charge is 2.41. The van der Waals surface area contributed by atoms with Crippen LogP contribution in [0.5, 0.6) is 5.75 Å². The van der Waals surface area contributed by atoms with Crippen molar-refractivity contribution in [1.82, 2.24) is 0 Å². The number of hydrogen-bond donors (Lipinski definition) is 0. The number of hydrogen-bond acceptors (Lipinski definition) is 2. The number of aryl methyl sites for hydroxylation is 1. The summed E-state index contributed by atoms with van der Waals surface area (Å²) in [5.41, 5.74) is 4.04. The molecule has 0 aromatic heterocycles. The molecule has 0 spiro atoms. The van der Waals surface area contributed by atoms with Crippen LogP contribution in [-0.4, -0.2) is 6.00 Å². The third kappa shape index (κ3) is 4.24. The van der Waals surface area contributed by atoms with Crippen molar-refractivity contribution in [2.24, 2.45) is 0 Å². The number of ether oxygens (including phenoxy) is 2. The molecule has 0 saturated heterocycles. The van der Waals surface area contributed by atoms with Gasteiger partial charge in [0.2, 0.25) is 0 Å². The summed E-state index contributed by atoms with van der Waals surface area (Å²) in [6.45, 7) is 0.443. The Hall–Kier alpha value is -1.49. The van der Waals surface area contributed by atoms with Crippen molar-refractivity contribution in [3.8, 4) is 5.75 Å². The SMILES string of the molecule is Cl[Si](Cl)(Cl)CCc1ccc2c(c1)COC(c1ccccc1)(c1ccccc1)O2. The van der Waals surface area contributed by atoms with Gasteiger partial charge in [-0.15, -0.1) is 33.2 Å². The Balaban J connectivity index is 1.68. The van der Waals surface area contributed by atoms with Gasteiger partial charge in [-0.3, -0.25) is 0 Å². The molecule has 4 rings (SSSR count). The van der Waals surface area contributed by atoms with Crippen molar-refractivity contribution in [2.75, 3.05) is 0 Å². The van der Waals surface area contributed by atoms with Crippen LogP contribution in [0.1, 0.15) is 22.3 Å². The van der Waals surface area contributed by atoms with E-state index in [4.69, 9.17) is 42.7 Å². The Kier molecular flexibility index (Phi) is 5.73. The molecule has 0 saturated carbocycles. The van der Waals surface area contributed by atoms with Crippen LogP contribution in [0, 0.1) is 0 Å². The highest BCUT2D eigenvalue weighted by atomic mass is 35.8. The second-order valence-corrected chi connectivity index (χ2v) is 16.1.